The van der Waals surface area contributed by atoms with Crippen molar-refractivity contribution >= 4 is 18.7 Å². The molecule has 108 valence electrons. The van der Waals surface area contributed by atoms with Gasteiger partial charge in [-0.2, -0.15) is 0 Å². The van der Waals surface area contributed by atoms with Crippen molar-refractivity contribution in [3.8, 4) is 0 Å². The van der Waals surface area contributed by atoms with Gasteiger partial charge in [-0.1, -0.05) is 60.7 Å². The highest BCUT2D eigenvalue weighted by molar-refractivity contribution is 6.96. The fourth-order valence-electron chi connectivity index (χ4n) is 3.05. The molecule has 0 N–H and O–H groups in total. The normalized spacial score (nSPS) is 15.3. The van der Waals surface area contributed by atoms with Crippen molar-refractivity contribution in [1.82, 2.24) is 0 Å². The zero-order valence-corrected chi connectivity index (χ0v) is 13.8. The third-order valence-corrected chi connectivity index (χ3v) is 7.93. The lowest BCUT2D eigenvalue weighted by Crippen LogP contribution is -2.58. The minimum Gasteiger partial charge on any atom is -0.538 e. The summed E-state index contributed by atoms with van der Waals surface area (Å²) >= 11 is 0. The number of benzene rings is 2. The predicted octanol–water partition coefficient (Wildman–Crippen LogP) is 3.85. The quantitative estimate of drug-likeness (QED) is 0.778. The van der Waals surface area contributed by atoms with Crippen LogP contribution in [0.15, 0.2) is 72.0 Å². The largest absolute Gasteiger partial charge is 0.538 e. The topological polar surface area (TPSA) is 9.23 Å². The van der Waals surface area contributed by atoms with E-state index in [-0.39, 0.29) is 0 Å². The number of hydrogen-bond acceptors (Lipinski definition) is 1. The van der Waals surface area contributed by atoms with Gasteiger partial charge >= 0.3 is 8.32 Å². The maximum absolute atomic E-state index is 6.70. The summed E-state index contributed by atoms with van der Waals surface area (Å²) in [6.07, 6.45) is 3.51. The number of hydrogen-bond donors (Lipinski definition) is 0. The average molecular weight is 294 g/mol. The van der Waals surface area contributed by atoms with Gasteiger partial charge in [0.2, 0.25) is 0 Å². The highest BCUT2D eigenvalue weighted by Crippen LogP contribution is 2.28. The summed E-state index contributed by atoms with van der Waals surface area (Å²) in [6.45, 7) is 4.53. The SMILES string of the molecule is CC1=C(O[Si](C)(c2ccccc2)c2ccccc2)CCC1. The van der Waals surface area contributed by atoms with Gasteiger partial charge in [0, 0.05) is 6.42 Å². The summed E-state index contributed by atoms with van der Waals surface area (Å²) in [6, 6.07) is 21.5. The van der Waals surface area contributed by atoms with Crippen LogP contribution in [0.3, 0.4) is 0 Å². The van der Waals surface area contributed by atoms with Crippen molar-refractivity contribution in [2.24, 2.45) is 0 Å². The number of rotatable bonds is 4. The molecule has 0 aliphatic heterocycles. The van der Waals surface area contributed by atoms with Crippen LogP contribution in [0.25, 0.3) is 0 Å². The van der Waals surface area contributed by atoms with Crippen LogP contribution in [0.4, 0.5) is 0 Å². The fourth-order valence-corrected chi connectivity index (χ4v) is 6.04. The Kier molecular flexibility index (Phi) is 3.98. The second-order valence-corrected chi connectivity index (χ2v) is 9.35. The molecule has 0 unspecified atom stereocenters. The standard InChI is InChI=1S/C19H22OSi/c1-16-10-9-15-19(16)20-21(2,17-11-5-3-6-12-17)18-13-7-4-8-14-18/h3-8,11-14H,9-10,15H2,1-2H3. The van der Waals surface area contributed by atoms with Gasteiger partial charge in [-0.3, -0.25) is 0 Å². The molecule has 1 aliphatic carbocycles. The zero-order valence-electron chi connectivity index (χ0n) is 12.8. The maximum atomic E-state index is 6.70. The van der Waals surface area contributed by atoms with Crippen LogP contribution in [0.1, 0.15) is 26.2 Å². The molecule has 1 aliphatic rings. The summed E-state index contributed by atoms with van der Waals surface area (Å²) in [5, 5.41) is 2.67. The Morgan fingerprint density at radius 1 is 0.810 bits per heavy atom. The molecular formula is C19H22OSi. The Morgan fingerprint density at radius 3 is 1.76 bits per heavy atom. The summed E-state index contributed by atoms with van der Waals surface area (Å²) in [5.74, 6) is 1.23. The van der Waals surface area contributed by atoms with E-state index in [1.54, 1.807) is 0 Å². The van der Waals surface area contributed by atoms with E-state index in [1.807, 2.05) is 0 Å². The van der Waals surface area contributed by atoms with E-state index in [0.717, 1.165) is 6.42 Å². The Bertz CT molecular complexity index is 592. The van der Waals surface area contributed by atoms with Crippen LogP contribution in [-0.2, 0) is 4.43 Å². The van der Waals surface area contributed by atoms with E-state index in [9.17, 15) is 0 Å². The Hall–Kier alpha value is -1.80. The third-order valence-electron chi connectivity index (χ3n) is 4.41. The number of allylic oxidation sites excluding steroid dienone is 2. The van der Waals surface area contributed by atoms with Gasteiger partial charge in [-0.25, -0.2) is 0 Å². The van der Waals surface area contributed by atoms with Crippen LogP contribution in [0.2, 0.25) is 6.55 Å². The first kappa shape index (κ1) is 14.1. The minimum atomic E-state index is -2.17. The first-order valence-electron chi connectivity index (χ1n) is 7.69. The zero-order chi connectivity index (χ0) is 14.7. The van der Waals surface area contributed by atoms with Gasteiger partial charge in [0.15, 0.2) is 0 Å². The molecule has 2 aromatic carbocycles. The lowest BCUT2D eigenvalue weighted by Gasteiger charge is -2.30. The highest BCUT2D eigenvalue weighted by atomic mass is 28.4. The predicted molar refractivity (Wildman–Crippen MR) is 91.4 cm³/mol. The smallest absolute Gasteiger partial charge is 0.311 e. The molecule has 2 heteroatoms. The van der Waals surface area contributed by atoms with E-state index in [4.69, 9.17) is 4.43 Å². The second-order valence-electron chi connectivity index (χ2n) is 5.92. The molecular weight excluding hydrogens is 272 g/mol. The van der Waals surface area contributed by atoms with Gasteiger partial charge in [0.1, 0.15) is 0 Å². The Balaban J connectivity index is 2.05. The maximum Gasteiger partial charge on any atom is 0.311 e. The van der Waals surface area contributed by atoms with Gasteiger partial charge in [0.05, 0.1) is 5.76 Å². The minimum absolute atomic E-state index is 1.09. The van der Waals surface area contributed by atoms with Crippen molar-refractivity contribution in [2.45, 2.75) is 32.7 Å². The highest BCUT2D eigenvalue weighted by Gasteiger charge is 2.37. The summed E-state index contributed by atoms with van der Waals surface area (Å²) in [7, 11) is -2.17. The van der Waals surface area contributed by atoms with Crippen LogP contribution in [0.5, 0.6) is 0 Å². The molecule has 0 spiro atoms. The summed E-state index contributed by atoms with van der Waals surface area (Å²) in [4.78, 5) is 0. The summed E-state index contributed by atoms with van der Waals surface area (Å²) in [5.41, 5.74) is 1.43. The first-order chi connectivity index (χ1) is 10.2. The first-order valence-corrected chi connectivity index (χ1v) is 10.1. The van der Waals surface area contributed by atoms with Crippen molar-refractivity contribution in [2.75, 3.05) is 0 Å². The van der Waals surface area contributed by atoms with Gasteiger partial charge in [-0.05, 0) is 42.3 Å². The van der Waals surface area contributed by atoms with Gasteiger partial charge < -0.3 is 4.43 Å². The van der Waals surface area contributed by atoms with Crippen LogP contribution in [-0.4, -0.2) is 8.32 Å². The van der Waals surface area contributed by atoms with Crippen molar-refractivity contribution in [1.29, 1.82) is 0 Å². The molecule has 0 amide bonds. The lowest BCUT2D eigenvalue weighted by molar-refractivity contribution is 0.414. The molecule has 1 nitrogen and oxygen atoms in total. The Morgan fingerprint density at radius 2 is 1.33 bits per heavy atom. The van der Waals surface area contributed by atoms with E-state index >= 15 is 0 Å². The molecule has 0 heterocycles. The molecule has 0 saturated heterocycles. The fraction of sp³-hybridized carbons (Fsp3) is 0.263. The molecule has 0 atom stereocenters. The van der Waals surface area contributed by atoms with Gasteiger partial charge in [0.25, 0.3) is 0 Å². The van der Waals surface area contributed by atoms with Gasteiger partial charge in [-0.15, -0.1) is 0 Å². The van der Waals surface area contributed by atoms with Crippen LogP contribution in [0, 0.1) is 0 Å². The molecule has 0 radical (unpaired) electrons. The van der Waals surface area contributed by atoms with E-state index in [0.29, 0.717) is 0 Å². The van der Waals surface area contributed by atoms with Crippen LogP contribution < -0.4 is 10.4 Å². The lowest BCUT2D eigenvalue weighted by atomic mass is 10.3. The molecule has 0 bridgehead atoms. The molecule has 0 fully saturated rings. The Labute approximate surface area is 128 Å². The van der Waals surface area contributed by atoms with Crippen molar-refractivity contribution in [3.63, 3.8) is 0 Å². The van der Waals surface area contributed by atoms with E-state index in [1.165, 1.54) is 34.5 Å². The second kappa shape index (κ2) is 5.90. The van der Waals surface area contributed by atoms with Crippen LogP contribution >= 0.6 is 0 Å². The average Bonchev–Trinajstić information content (AvgIpc) is 2.94. The monoisotopic (exact) mass is 294 g/mol. The molecule has 0 saturated carbocycles. The van der Waals surface area contributed by atoms with E-state index in [2.05, 4.69) is 74.1 Å². The molecule has 3 rings (SSSR count). The third kappa shape index (κ3) is 2.81. The van der Waals surface area contributed by atoms with E-state index < -0.39 is 8.32 Å². The molecule has 0 aromatic heterocycles. The summed E-state index contributed by atoms with van der Waals surface area (Å²) < 4.78 is 6.70. The molecule has 21 heavy (non-hydrogen) atoms. The van der Waals surface area contributed by atoms with Crippen molar-refractivity contribution in [3.05, 3.63) is 72.0 Å². The molecule has 2 aromatic rings. The van der Waals surface area contributed by atoms with Crippen molar-refractivity contribution < 1.29 is 4.43 Å².